The molecule has 1 amide bonds. The summed E-state index contributed by atoms with van der Waals surface area (Å²) in [6.07, 6.45) is 2.46. The van der Waals surface area contributed by atoms with Crippen LogP contribution in [0.4, 0.5) is 0 Å². The average Bonchev–Trinajstić information content (AvgIpc) is 3.12. The number of hydrogen-bond acceptors (Lipinski definition) is 4. The van der Waals surface area contributed by atoms with Gasteiger partial charge >= 0.3 is 0 Å². The highest BCUT2D eigenvalue weighted by Gasteiger charge is 2.09. The van der Waals surface area contributed by atoms with Crippen molar-refractivity contribution in [2.24, 2.45) is 4.99 Å². The minimum atomic E-state index is -0.0871. The van der Waals surface area contributed by atoms with E-state index in [1.807, 2.05) is 23.6 Å². The van der Waals surface area contributed by atoms with Crippen molar-refractivity contribution in [2.75, 3.05) is 12.0 Å². The topological polar surface area (TPSA) is 34.4 Å². The quantitative estimate of drug-likeness (QED) is 0.598. The number of rotatable bonds is 5. The number of benzene rings is 1. The van der Waals surface area contributed by atoms with E-state index in [-0.39, 0.29) is 5.91 Å². The molecular weight excluding hydrogens is 412 g/mol. The molecule has 0 atom stereocenters. The van der Waals surface area contributed by atoms with Crippen LogP contribution in [-0.2, 0) is 17.8 Å². The van der Waals surface area contributed by atoms with Gasteiger partial charge in [0.15, 0.2) is 4.80 Å². The number of halogens is 1. The maximum Gasteiger partial charge on any atom is 0.253 e. The summed E-state index contributed by atoms with van der Waals surface area (Å²) < 4.78 is 4.33. The summed E-state index contributed by atoms with van der Waals surface area (Å²) in [4.78, 5) is 18.5. The number of thiophene rings is 1. The third kappa shape index (κ3) is 4.15. The molecule has 0 bridgehead atoms. The van der Waals surface area contributed by atoms with Gasteiger partial charge in [0.05, 0.1) is 16.6 Å². The first-order valence-corrected chi connectivity index (χ1v) is 10.9. The van der Waals surface area contributed by atoms with Crippen molar-refractivity contribution < 1.29 is 4.79 Å². The molecule has 2 heterocycles. The molecule has 0 aliphatic rings. The van der Waals surface area contributed by atoms with E-state index in [9.17, 15) is 4.79 Å². The van der Waals surface area contributed by atoms with Crippen molar-refractivity contribution in [2.45, 2.75) is 13.0 Å². The normalized spacial score (nSPS) is 12.2. The molecule has 0 radical (unpaired) electrons. The number of thioether (sulfide) groups is 1. The minimum absolute atomic E-state index is 0.0871. The van der Waals surface area contributed by atoms with Crippen LogP contribution in [0.1, 0.15) is 4.88 Å². The molecule has 2 aromatic heterocycles. The third-order valence-corrected chi connectivity index (χ3v) is 6.29. The Morgan fingerprint density at radius 1 is 1.39 bits per heavy atom. The third-order valence-electron chi connectivity index (χ3n) is 3.29. The Morgan fingerprint density at radius 3 is 3.00 bits per heavy atom. The second-order valence-electron chi connectivity index (χ2n) is 4.90. The Kier molecular flexibility index (Phi) is 5.74. The molecule has 1 aromatic carbocycles. The number of aromatic nitrogens is 1. The van der Waals surface area contributed by atoms with E-state index in [0.717, 1.165) is 36.7 Å². The smallest absolute Gasteiger partial charge is 0.253 e. The van der Waals surface area contributed by atoms with Gasteiger partial charge in [-0.3, -0.25) is 4.79 Å². The zero-order valence-corrected chi connectivity index (χ0v) is 16.5. The zero-order chi connectivity index (χ0) is 16.2. The van der Waals surface area contributed by atoms with Crippen LogP contribution >= 0.6 is 50.4 Å². The molecule has 3 aromatic rings. The number of thiazole rings is 1. The average molecular weight is 427 g/mol. The van der Waals surface area contributed by atoms with Crippen molar-refractivity contribution in [3.05, 3.63) is 49.9 Å². The molecule has 0 saturated carbocycles. The van der Waals surface area contributed by atoms with Crippen molar-refractivity contribution in [1.82, 2.24) is 4.57 Å². The van der Waals surface area contributed by atoms with Crippen LogP contribution in [0, 0.1) is 0 Å². The Balaban J connectivity index is 2.00. The lowest BCUT2D eigenvalue weighted by Gasteiger charge is -2.03. The van der Waals surface area contributed by atoms with Crippen LogP contribution in [0.3, 0.4) is 0 Å². The summed E-state index contributed by atoms with van der Waals surface area (Å²) in [6, 6.07) is 10.1. The molecular formula is C16H15BrN2OS3. The van der Waals surface area contributed by atoms with E-state index in [0.29, 0.717) is 6.42 Å². The number of fused-ring (bicyclic) bond motifs is 1. The van der Waals surface area contributed by atoms with E-state index in [1.165, 1.54) is 0 Å². The Morgan fingerprint density at radius 2 is 2.26 bits per heavy atom. The SMILES string of the molecule is CSCCn1c(=NC(=O)Cc2cccs2)sc2cc(Br)ccc21. The van der Waals surface area contributed by atoms with Crippen molar-refractivity contribution in [3.63, 3.8) is 0 Å². The van der Waals surface area contributed by atoms with Gasteiger partial charge in [0.2, 0.25) is 0 Å². The van der Waals surface area contributed by atoms with Crippen LogP contribution in [0.5, 0.6) is 0 Å². The molecule has 120 valence electrons. The molecule has 7 heteroatoms. The van der Waals surface area contributed by atoms with Gasteiger partial charge in [-0.05, 0) is 35.9 Å². The van der Waals surface area contributed by atoms with Crippen LogP contribution in [0.25, 0.3) is 10.2 Å². The molecule has 3 rings (SSSR count). The van der Waals surface area contributed by atoms with Crippen molar-refractivity contribution in [3.8, 4) is 0 Å². The number of nitrogens with zero attached hydrogens (tertiary/aromatic N) is 2. The molecule has 3 nitrogen and oxygen atoms in total. The van der Waals surface area contributed by atoms with Gasteiger partial charge in [-0.25, -0.2) is 0 Å². The molecule has 0 aliphatic carbocycles. The fraction of sp³-hybridized carbons (Fsp3) is 0.250. The maximum atomic E-state index is 12.3. The van der Waals surface area contributed by atoms with E-state index >= 15 is 0 Å². The van der Waals surface area contributed by atoms with E-state index < -0.39 is 0 Å². The predicted molar refractivity (Wildman–Crippen MR) is 104 cm³/mol. The first kappa shape index (κ1) is 17.0. The fourth-order valence-electron chi connectivity index (χ4n) is 2.24. The van der Waals surface area contributed by atoms with Crippen LogP contribution in [-0.4, -0.2) is 22.5 Å². The summed E-state index contributed by atoms with van der Waals surface area (Å²) >= 11 is 8.46. The molecule has 0 fully saturated rings. The number of carbonyl (C=O) groups is 1. The molecule has 0 N–H and O–H groups in total. The van der Waals surface area contributed by atoms with E-state index in [4.69, 9.17) is 0 Å². The second kappa shape index (κ2) is 7.79. The monoisotopic (exact) mass is 426 g/mol. The standard InChI is InChI=1S/C16H15BrN2OS3/c1-21-8-6-19-13-5-4-11(17)9-14(13)23-16(19)18-15(20)10-12-3-2-7-22-12/h2-5,7,9H,6,8,10H2,1H3. The van der Waals surface area contributed by atoms with Crippen LogP contribution in [0.15, 0.2) is 45.2 Å². The van der Waals surface area contributed by atoms with Gasteiger partial charge in [-0.15, -0.1) is 11.3 Å². The number of hydrogen-bond donors (Lipinski definition) is 0. The Labute approximate surface area is 155 Å². The summed E-state index contributed by atoms with van der Waals surface area (Å²) in [5.41, 5.74) is 1.13. The summed E-state index contributed by atoms with van der Waals surface area (Å²) in [5.74, 6) is 0.907. The molecule has 23 heavy (non-hydrogen) atoms. The Bertz CT molecular complexity index is 881. The van der Waals surface area contributed by atoms with Gasteiger partial charge < -0.3 is 4.57 Å². The first-order chi connectivity index (χ1) is 11.2. The van der Waals surface area contributed by atoms with Crippen LogP contribution < -0.4 is 4.80 Å². The van der Waals surface area contributed by atoms with Crippen molar-refractivity contribution in [1.29, 1.82) is 0 Å². The summed E-state index contributed by atoms with van der Waals surface area (Å²) in [6.45, 7) is 0.855. The second-order valence-corrected chi connectivity index (χ2v) is 8.85. The van der Waals surface area contributed by atoms with E-state index in [2.05, 4.69) is 43.9 Å². The highest BCUT2D eigenvalue weighted by molar-refractivity contribution is 9.10. The van der Waals surface area contributed by atoms with Gasteiger partial charge in [0.25, 0.3) is 5.91 Å². The predicted octanol–water partition coefficient (Wildman–Crippen LogP) is 4.56. The lowest BCUT2D eigenvalue weighted by atomic mass is 10.3. The highest BCUT2D eigenvalue weighted by atomic mass is 79.9. The van der Waals surface area contributed by atoms with Crippen LogP contribution in [0.2, 0.25) is 0 Å². The molecule has 0 saturated heterocycles. The summed E-state index contributed by atoms with van der Waals surface area (Å²) in [7, 11) is 0. The molecule has 0 unspecified atom stereocenters. The van der Waals surface area contributed by atoms with Gasteiger partial charge in [-0.2, -0.15) is 16.8 Å². The maximum absolute atomic E-state index is 12.3. The Hall–Kier alpha value is -0.890. The number of amides is 1. The highest BCUT2D eigenvalue weighted by Crippen LogP contribution is 2.22. The van der Waals surface area contributed by atoms with Gasteiger partial charge in [0, 0.05) is 21.6 Å². The lowest BCUT2D eigenvalue weighted by molar-refractivity contribution is -0.117. The van der Waals surface area contributed by atoms with Crippen molar-refractivity contribution >= 4 is 66.5 Å². The molecule has 0 aliphatic heterocycles. The van der Waals surface area contributed by atoms with E-state index in [1.54, 1.807) is 34.4 Å². The largest absolute Gasteiger partial charge is 0.316 e. The fourth-order valence-corrected chi connectivity index (χ4v) is 4.93. The van der Waals surface area contributed by atoms with Gasteiger partial charge in [-0.1, -0.05) is 33.3 Å². The zero-order valence-electron chi connectivity index (χ0n) is 12.5. The number of aryl methyl sites for hydroxylation is 1. The molecule has 0 spiro atoms. The first-order valence-electron chi connectivity index (χ1n) is 7.05. The lowest BCUT2D eigenvalue weighted by Crippen LogP contribution is -2.18. The van der Waals surface area contributed by atoms with Gasteiger partial charge in [0.1, 0.15) is 0 Å². The minimum Gasteiger partial charge on any atom is -0.316 e. The number of carbonyl (C=O) groups excluding carboxylic acids is 1. The summed E-state index contributed by atoms with van der Waals surface area (Å²) in [5, 5.41) is 1.98.